The number of hydrogen-bond acceptors (Lipinski definition) is 3. The van der Waals surface area contributed by atoms with E-state index in [9.17, 15) is 14.4 Å². The lowest BCUT2D eigenvalue weighted by Crippen LogP contribution is -2.40. The molecule has 0 aromatic carbocycles. The summed E-state index contributed by atoms with van der Waals surface area (Å²) >= 11 is 0. The molecule has 0 spiro atoms. The Morgan fingerprint density at radius 1 is 1.21 bits per heavy atom. The molecule has 2 atom stereocenters. The number of carboxylic acids is 1. The number of carbonyl (C=O) groups excluding carboxylic acids is 2. The molecular formula is C13H20N2O4. The van der Waals surface area contributed by atoms with Crippen molar-refractivity contribution in [2.75, 3.05) is 20.6 Å². The van der Waals surface area contributed by atoms with E-state index >= 15 is 0 Å². The van der Waals surface area contributed by atoms with Gasteiger partial charge in [0.25, 0.3) is 0 Å². The van der Waals surface area contributed by atoms with Crippen molar-refractivity contribution in [2.45, 2.75) is 19.3 Å². The highest BCUT2D eigenvalue weighted by Crippen LogP contribution is 2.25. The van der Waals surface area contributed by atoms with Gasteiger partial charge in [0.05, 0.1) is 11.8 Å². The summed E-state index contributed by atoms with van der Waals surface area (Å²) in [7, 11) is 3.30. The maximum Gasteiger partial charge on any atom is 0.307 e. The monoisotopic (exact) mass is 268 g/mol. The van der Waals surface area contributed by atoms with Gasteiger partial charge in [-0.15, -0.1) is 0 Å². The number of carboxylic acid groups (broad SMARTS) is 1. The largest absolute Gasteiger partial charge is 0.481 e. The van der Waals surface area contributed by atoms with Crippen LogP contribution in [0.25, 0.3) is 0 Å². The lowest BCUT2D eigenvalue weighted by molar-refractivity contribution is -0.147. The predicted octanol–water partition coefficient (Wildman–Crippen LogP) is 0.248. The topological polar surface area (TPSA) is 86.7 Å². The van der Waals surface area contributed by atoms with Crippen molar-refractivity contribution in [2.24, 2.45) is 11.8 Å². The van der Waals surface area contributed by atoms with Crippen molar-refractivity contribution < 1.29 is 19.5 Å². The molecule has 0 aliphatic heterocycles. The number of nitrogens with zero attached hydrogens (tertiary/aromatic N) is 1. The molecule has 2 amide bonds. The number of carbonyl (C=O) groups is 3. The van der Waals surface area contributed by atoms with E-state index in [1.54, 1.807) is 20.2 Å². The number of rotatable bonds is 5. The second-order valence-corrected chi connectivity index (χ2v) is 4.82. The summed E-state index contributed by atoms with van der Waals surface area (Å²) in [6.07, 6.45) is 4.65. The summed E-state index contributed by atoms with van der Waals surface area (Å²) in [4.78, 5) is 35.8. The maximum atomic E-state index is 11.9. The predicted molar refractivity (Wildman–Crippen MR) is 69.3 cm³/mol. The molecular weight excluding hydrogens is 248 g/mol. The van der Waals surface area contributed by atoms with Crippen LogP contribution in [0.5, 0.6) is 0 Å². The fraction of sp³-hybridized carbons (Fsp3) is 0.615. The molecule has 106 valence electrons. The maximum absolute atomic E-state index is 11.9. The van der Waals surface area contributed by atoms with Crippen LogP contribution < -0.4 is 5.32 Å². The molecule has 0 unspecified atom stereocenters. The minimum absolute atomic E-state index is 0.0707. The molecule has 1 rings (SSSR count). The third-order valence-corrected chi connectivity index (χ3v) is 3.22. The first-order valence-corrected chi connectivity index (χ1v) is 6.29. The second-order valence-electron chi connectivity index (χ2n) is 4.82. The van der Waals surface area contributed by atoms with E-state index in [4.69, 9.17) is 5.11 Å². The lowest BCUT2D eigenvalue weighted by Gasteiger charge is -2.24. The molecule has 1 aliphatic rings. The molecule has 19 heavy (non-hydrogen) atoms. The van der Waals surface area contributed by atoms with E-state index in [1.165, 1.54) is 4.90 Å². The van der Waals surface area contributed by atoms with Crippen molar-refractivity contribution in [3.05, 3.63) is 12.2 Å². The van der Waals surface area contributed by atoms with Crippen LogP contribution in [0.3, 0.4) is 0 Å². The standard InChI is InChI=1S/C13H20N2O4/c1-15(2)11(16)7-8-14-12(17)9-5-3-4-6-10(9)13(18)19/h3-4,9-10H,5-8H2,1-2H3,(H,14,17)(H,18,19)/t9-,10+/m1/s1. The average Bonchev–Trinajstić information content (AvgIpc) is 2.38. The van der Waals surface area contributed by atoms with E-state index in [1.807, 2.05) is 6.08 Å². The van der Waals surface area contributed by atoms with Gasteiger partial charge in [-0.3, -0.25) is 14.4 Å². The fourth-order valence-electron chi connectivity index (χ4n) is 2.02. The zero-order valence-electron chi connectivity index (χ0n) is 11.3. The summed E-state index contributed by atoms with van der Waals surface area (Å²) in [5, 5.41) is 11.7. The highest BCUT2D eigenvalue weighted by atomic mass is 16.4. The van der Waals surface area contributed by atoms with Gasteiger partial charge in [0.1, 0.15) is 0 Å². The second kappa shape index (κ2) is 6.92. The molecule has 0 radical (unpaired) electrons. The minimum Gasteiger partial charge on any atom is -0.481 e. The molecule has 0 saturated heterocycles. The quantitative estimate of drug-likeness (QED) is 0.700. The van der Waals surface area contributed by atoms with Gasteiger partial charge in [-0.25, -0.2) is 0 Å². The first kappa shape index (κ1) is 15.2. The van der Waals surface area contributed by atoms with Gasteiger partial charge in [0.15, 0.2) is 0 Å². The summed E-state index contributed by atoms with van der Waals surface area (Å²) < 4.78 is 0. The number of aliphatic carboxylic acids is 1. The van der Waals surface area contributed by atoms with Crippen molar-refractivity contribution >= 4 is 17.8 Å². The number of allylic oxidation sites excluding steroid dienone is 2. The van der Waals surface area contributed by atoms with Gasteiger partial charge in [0, 0.05) is 27.1 Å². The Balaban J connectivity index is 2.46. The van der Waals surface area contributed by atoms with Crippen LogP contribution in [0.4, 0.5) is 0 Å². The van der Waals surface area contributed by atoms with Gasteiger partial charge in [-0.05, 0) is 12.8 Å². The van der Waals surface area contributed by atoms with Crippen LogP contribution in [0, 0.1) is 11.8 Å². The molecule has 1 aliphatic carbocycles. The van der Waals surface area contributed by atoms with E-state index in [0.717, 1.165) is 0 Å². The van der Waals surface area contributed by atoms with Gasteiger partial charge in [-0.1, -0.05) is 12.2 Å². The SMILES string of the molecule is CN(C)C(=O)CCNC(=O)[C@@H]1CC=CC[C@@H]1C(=O)O. The summed E-state index contributed by atoms with van der Waals surface area (Å²) in [6, 6.07) is 0. The Labute approximate surface area is 112 Å². The zero-order valence-corrected chi connectivity index (χ0v) is 11.3. The van der Waals surface area contributed by atoms with Gasteiger partial charge in [-0.2, -0.15) is 0 Å². The molecule has 0 heterocycles. The van der Waals surface area contributed by atoms with Gasteiger partial charge >= 0.3 is 5.97 Å². The van der Waals surface area contributed by atoms with Crippen molar-refractivity contribution in [1.29, 1.82) is 0 Å². The molecule has 0 fully saturated rings. The Morgan fingerprint density at radius 3 is 2.32 bits per heavy atom. The van der Waals surface area contributed by atoms with Crippen molar-refractivity contribution in [3.63, 3.8) is 0 Å². The highest BCUT2D eigenvalue weighted by molar-refractivity contribution is 5.85. The molecule has 0 saturated carbocycles. The normalized spacial score (nSPS) is 21.8. The minimum atomic E-state index is -0.950. The Kier molecular flexibility index (Phi) is 5.54. The number of amides is 2. The Morgan fingerprint density at radius 2 is 1.79 bits per heavy atom. The molecule has 0 aromatic heterocycles. The Bertz CT molecular complexity index is 390. The zero-order chi connectivity index (χ0) is 14.4. The highest BCUT2D eigenvalue weighted by Gasteiger charge is 2.33. The summed E-state index contributed by atoms with van der Waals surface area (Å²) in [5.41, 5.74) is 0. The molecule has 6 nitrogen and oxygen atoms in total. The third kappa shape index (κ3) is 4.39. The van der Waals surface area contributed by atoms with Crippen molar-refractivity contribution in [3.8, 4) is 0 Å². The number of hydrogen-bond donors (Lipinski definition) is 2. The van der Waals surface area contributed by atoms with E-state index in [2.05, 4.69) is 5.32 Å². The van der Waals surface area contributed by atoms with Crippen molar-refractivity contribution in [1.82, 2.24) is 10.2 Å². The van der Waals surface area contributed by atoms with Crippen LogP contribution in [-0.2, 0) is 14.4 Å². The van der Waals surface area contributed by atoms with Crippen LogP contribution in [0.1, 0.15) is 19.3 Å². The van der Waals surface area contributed by atoms with Gasteiger partial charge in [0.2, 0.25) is 11.8 Å². The molecule has 0 bridgehead atoms. The summed E-state index contributed by atoms with van der Waals surface area (Å²) in [5.74, 6) is -2.53. The fourth-order valence-corrected chi connectivity index (χ4v) is 2.02. The van der Waals surface area contributed by atoms with E-state index < -0.39 is 17.8 Å². The van der Waals surface area contributed by atoms with Crippen LogP contribution in [-0.4, -0.2) is 48.4 Å². The van der Waals surface area contributed by atoms with Crippen LogP contribution in [0.2, 0.25) is 0 Å². The molecule has 6 heteroatoms. The first-order chi connectivity index (χ1) is 8.93. The van der Waals surface area contributed by atoms with Crippen LogP contribution >= 0.6 is 0 Å². The smallest absolute Gasteiger partial charge is 0.307 e. The molecule has 2 N–H and O–H groups in total. The molecule has 0 aromatic rings. The number of nitrogens with one attached hydrogen (secondary N) is 1. The lowest BCUT2D eigenvalue weighted by atomic mass is 9.82. The Hall–Kier alpha value is -1.85. The van der Waals surface area contributed by atoms with Gasteiger partial charge < -0.3 is 15.3 Å². The summed E-state index contributed by atoms with van der Waals surface area (Å²) in [6.45, 7) is 0.238. The average molecular weight is 268 g/mol. The third-order valence-electron chi connectivity index (χ3n) is 3.22. The van der Waals surface area contributed by atoms with Crippen LogP contribution in [0.15, 0.2) is 12.2 Å². The van der Waals surface area contributed by atoms with E-state index in [0.29, 0.717) is 12.8 Å². The van der Waals surface area contributed by atoms with E-state index in [-0.39, 0.29) is 24.8 Å². The first-order valence-electron chi connectivity index (χ1n) is 6.29.